The SMILES string of the molecule is CCN1CCN(c2ccc(F)cc2)CC1C(N)=O. The van der Waals surface area contributed by atoms with Crippen LogP contribution in [0.15, 0.2) is 24.3 Å². The molecule has 1 heterocycles. The van der Waals surface area contributed by atoms with Crippen molar-refractivity contribution in [1.82, 2.24) is 4.90 Å². The highest BCUT2D eigenvalue weighted by atomic mass is 19.1. The summed E-state index contributed by atoms with van der Waals surface area (Å²) in [6.07, 6.45) is 0. The molecule has 1 aliphatic heterocycles. The van der Waals surface area contributed by atoms with Crippen LogP contribution in [0.1, 0.15) is 6.92 Å². The highest BCUT2D eigenvalue weighted by Crippen LogP contribution is 2.19. The van der Waals surface area contributed by atoms with E-state index >= 15 is 0 Å². The van der Waals surface area contributed by atoms with Gasteiger partial charge < -0.3 is 10.6 Å². The van der Waals surface area contributed by atoms with Crippen molar-refractivity contribution in [1.29, 1.82) is 0 Å². The first kappa shape index (κ1) is 12.8. The zero-order valence-corrected chi connectivity index (χ0v) is 10.5. The van der Waals surface area contributed by atoms with E-state index in [4.69, 9.17) is 5.73 Å². The molecule has 98 valence electrons. The molecule has 0 aromatic heterocycles. The van der Waals surface area contributed by atoms with E-state index in [0.29, 0.717) is 6.54 Å². The van der Waals surface area contributed by atoms with Crippen molar-refractivity contribution in [3.63, 3.8) is 0 Å². The van der Waals surface area contributed by atoms with Crippen LogP contribution in [0.4, 0.5) is 10.1 Å². The summed E-state index contributed by atoms with van der Waals surface area (Å²) < 4.78 is 12.9. The van der Waals surface area contributed by atoms with Gasteiger partial charge in [0.1, 0.15) is 11.9 Å². The molecular formula is C13H18FN3O. The second-order valence-electron chi connectivity index (χ2n) is 4.47. The summed E-state index contributed by atoms with van der Waals surface area (Å²) in [5, 5.41) is 0. The van der Waals surface area contributed by atoms with E-state index in [0.717, 1.165) is 25.3 Å². The van der Waals surface area contributed by atoms with Crippen molar-refractivity contribution in [3.05, 3.63) is 30.1 Å². The van der Waals surface area contributed by atoms with E-state index in [1.54, 1.807) is 12.1 Å². The summed E-state index contributed by atoms with van der Waals surface area (Å²) in [5.41, 5.74) is 6.36. The molecule has 2 rings (SSSR count). The molecule has 0 saturated carbocycles. The summed E-state index contributed by atoms with van der Waals surface area (Å²) in [4.78, 5) is 15.6. The van der Waals surface area contributed by atoms with E-state index in [1.165, 1.54) is 12.1 Å². The Morgan fingerprint density at radius 2 is 2.06 bits per heavy atom. The van der Waals surface area contributed by atoms with Gasteiger partial charge in [0.15, 0.2) is 0 Å². The van der Waals surface area contributed by atoms with E-state index < -0.39 is 0 Å². The van der Waals surface area contributed by atoms with Gasteiger partial charge in [0, 0.05) is 25.3 Å². The number of benzene rings is 1. The number of carbonyl (C=O) groups excluding carboxylic acids is 1. The van der Waals surface area contributed by atoms with Gasteiger partial charge in [-0.25, -0.2) is 4.39 Å². The first-order valence-corrected chi connectivity index (χ1v) is 6.15. The minimum Gasteiger partial charge on any atom is -0.368 e. The lowest BCUT2D eigenvalue weighted by molar-refractivity contribution is -0.123. The average Bonchev–Trinajstić information content (AvgIpc) is 2.39. The van der Waals surface area contributed by atoms with Gasteiger partial charge in [0.25, 0.3) is 0 Å². The number of amides is 1. The molecule has 1 aliphatic rings. The Morgan fingerprint density at radius 1 is 1.39 bits per heavy atom. The number of nitrogens with two attached hydrogens (primary N) is 1. The molecule has 0 radical (unpaired) electrons. The van der Waals surface area contributed by atoms with Crippen LogP contribution in [0, 0.1) is 5.82 Å². The van der Waals surface area contributed by atoms with Gasteiger partial charge in [-0.15, -0.1) is 0 Å². The minimum absolute atomic E-state index is 0.252. The van der Waals surface area contributed by atoms with Crippen molar-refractivity contribution < 1.29 is 9.18 Å². The van der Waals surface area contributed by atoms with E-state index in [1.807, 2.05) is 6.92 Å². The standard InChI is InChI=1S/C13H18FN3O/c1-2-16-7-8-17(9-12(16)13(15)18)11-5-3-10(14)4-6-11/h3-6,12H,2,7-9H2,1H3,(H2,15,18). The van der Waals surface area contributed by atoms with Gasteiger partial charge in [-0.2, -0.15) is 0 Å². The van der Waals surface area contributed by atoms with Crippen LogP contribution in [-0.2, 0) is 4.79 Å². The lowest BCUT2D eigenvalue weighted by Crippen LogP contribution is -2.58. The number of anilines is 1. The van der Waals surface area contributed by atoms with Crippen LogP contribution >= 0.6 is 0 Å². The van der Waals surface area contributed by atoms with Gasteiger partial charge in [-0.05, 0) is 30.8 Å². The zero-order chi connectivity index (χ0) is 13.1. The number of primary amides is 1. The van der Waals surface area contributed by atoms with Crippen molar-refractivity contribution in [3.8, 4) is 0 Å². The lowest BCUT2D eigenvalue weighted by atomic mass is 10.1. The van der Waals surface area contributed by atoms with Crippen LogP contribution in [-0.4, -0.2) is 43.0 Å². The van der Waals surface area contributed by atoms with E-state index in [-0.39, 0.29) is 17.8 Å². The molecule has 1 aromatic carbocycles. The molecule has 1 atom stereocenters. The smallest absolute Gasteiger partial charge is 0.236 e. The molecule has 2 N–H and O–H groups in total. The Hall–Kier alpha value is -1.62. The average molecular weight is 251 g/mol. The number of rotatable bonds is 3. The Bertz CT molecular complexity index is 421. The summed E-state index contributed by atoms with van der Waals surface area (Å²) in [5.74, 6) is -0.555. The van der Waals surface area contributed by atoms with Gasteiger partial charge in [-0.1, -0.05) is 6.92 Å². The Labute approximate surface area is 106 Å². The Morgan fingerprint density at radius 3 is 2.61 bits per heavy atom. The summed E-state index contributed by atoms with van der Waals surface area (Å²) in [7, 11) is 0. The van der Waals surface area contributed by atoms with Gasteiger partial charge in [0.05, 0.1) is 0 Å². The highest BCUT2D eigenvalue weighted by molar-refractivity contribution is 5.81. The van der Waals surface area contributed by atoms with Gasteiger partial charge in [-0.3, -0.25) is 9.69 Å². The predicted molar refractivity (Wildman–Crippen MR) is 68.8 cm³/mol. The Kier molecular flexibility index (Phi) is 3.81. The quantitative estimate of drug-likeness (QED) is 0.865. The van der Waals surface area contributed by atoms with E-state index in [2.05, 4.69) is 9.80 Å². The number of hydrogen-bond donors (Lipinski definition) is 1. The molecule has 0 bridgehead atoms. The monoisotopic (exact) mass is 251 g/mol. The zero-order valence-electron chi connectivity index (χ0n) is 10.5. The minimum atomic E-state index is -0.302. The fraction of sp³-hybridized carbons (Fsp3) is 0.462. The van der Waals surface area contributed by atoms with Crippen LogP contribution in [0.3, 0.4) is 0 Å². The topological polar surface area (TPSA) is 49.6 Å². The van der Waals surface area contributed by atoms with Gasteiger partial charge in [0.2, 0.25) is 5.91 Å². The van der Waals surface area contributed by atoms with Crippen LogP contribution < -0.4 is 10.6 Å². The maximum Gasteiger partial charge on any atom is 0.236 e. The molecule has 0 aliphatic carbocycles. The first-order valence-electron chi connectivity index (χ1n) is 6.15. The van der Waals surface area contributed by atoms with Crippen LogP contribution in [0.5, 0.6) is 0 Å². The number of piperazine rings is 1. The second kappa shape index (κ2) is 5.35. The highest BCUT2D eigenvalue weighted by Gasteiger charge is 2.29. The predicted octanol–water partition coefficient (Wildman–Crippen LogP) is 0.821. The molecule has 18 heavy (non-hydrogen) atoms. The number of halogens is 1. The van der Waals surface area contributed by atoms with Crippen LogP contribution in [0.2, 0.25) is 0 Å². The molecule has 0 spiro atoms. The molecule has 1 amide bonds. The molecular weight excluding hydrogens is 233 g/mol. The van der Waals surface area contributed by atoms with Crippen molar-refractivity contribution in [2.24, 2.45) is 5.73 Å². The maximum atomic E-state index is 12.9. The summed E-state index contributed by atoms with van der Waals surface area (Å²) in [6, 6.07) is 6.06. The third-order valence-corrected chi connectivity index (χ3v) is 3.42. The van der Waals surface area contributed by atoms with Crippen molar-refractivity contribution >= 4 is 11.6 Å². The van der Waals surface area contributed by atoms with Crippen LogP contribution in [0.25, 0.3) is 0 Å². The van der Waals surface area contributed by atoms with Crippen molar-refractivity contribution in [2.75, 3.05) is 31.1 Å². The molecule has 1 saturated heterocycles. The van der Waals surface area contributed by atoms with Gasteiger partial charge >= 0.3 is 0 Å². The normalized spacial score (nSPS) is 21.0. The maximum absolute atomic E-state index is 12.9. The molecule has 4 nitrogen and oxygen atoms in total. The summed E-state index contributed by atoms with van der Waals surface area (Å²) >= 11 is 0. The number of carbonyl (C=O) groups is 1. The second-order valence-corrected chi connectivity index (χ2v) is 4.47. The van der Waals surface area contributed by atoms with E-state index in [9.17, 15) is 9.18 Å². The molecule has 1 aromatic rings. The Balaban J connectivity index is 2.12. The third-order valence-electron chi connectivity index (χ3n) is 3.42. The van der Waals surface area contributed by atoms with Crippen molar-refractivity contribution in [2.45, 2.75) is 13.0 Å². The number of likely N-dealkylation sites (N-methyl/N-ethyl adjacent to an activating group) is 1. The lowest BCUT2D eigenvalue weighted by Gasteiger charge is -2.40. The number of hydrogen-bond acceptors (Lipinski definition) is 3. The summed E-state index contributed by atoms with van der Waals surface area (Å²) in [6.45, 7) is 5.01. The molecule has 5 heteroatoms. The fourth-order valence-corrected chi connectivity index (χ4v) is 2.36. The molecule has 1 unspecified atom stereocenters. The number of nitrogens with zero attached hydrogens (tertiary/aromatic N) is 2. The largest absolute Gasteiger partial charge is 0.368 e. The third kappa shape index (κ3) is 2.61. The molecule has 1 fully saturated rings. The first-order chi connectivity index (χ1) is 8.61. The fourth-order valence-electron chi connectivity index (χ4n) is 2.36.